The first-order valence-corrected chi connectivity index (χ1v) is 8.77. The van der Waals surface area contributed by atoms with Gasteiger partial charge in [0.15, 0.2) is 0 Å². The Hall–Kier alpha value is -2.04. The second-order valence-corrected chi connectivity index (χ2v) is 6.31. The number of anilines is 2. The van der Waals surface area contributed by atoms with Crippen LogP contribution in [0.5, 0.6) is 0 Å². The zero-order valence-electron chi connectivity index (χ0n) is 13.7. The van der Waals surface area contributed by atoms with Crippen molar-refractivity contribution in [3.63, 3.8) is 0 Å². The molecule has 0 radical (unpaired) electrons. The van der Waals surface area contributed by atoms with E-state index in [9.17, 15) is 0 Å². The maximum Gasteiger partial charge on any atom is 0.101 e. The predicted molar refractivity (Wildman–Crippen MR) is 103 cm³/mol. The third kappa shape index (κ3) is 4.98. The van der Waals surface area contributed by atoms with Crippen LogP contribution in [0, 0.1) is 0 Å². The Kier molecular flexibility index (Phi) is 6.10. The van der Waals surface area contributed by atoms with E-state index in [-0.39, 0.29) is 0 Å². The smallest absolute Gasteiger partial charge is 0.101 e. The summed E-state index contributed by atoms with van der Waals surface area (Å²) in [7, 11) is 0. The summed E-state index contributed by atoms with van der Waals surface area (Å²) in [4.78, 5) is 4.80. The van der Waals surface area contributed by atoms with Crippen molar-refractivity contribution in [2.75, 3.05) is 23.8 Å². The van der Waals surface area contributed by atoms with Gasteiger partial charge in [0, 0.05) is 11.4 Å². The molecule has 0 amide bonds. The maximum atomic E-state index is 6.06. The lowest BCUT2D eigenvalue weighted by Gasteiger charge is -2.14. The fourth-order valence-corrected chi connectivity index (χ4v) is 2.91. The molecule has 0 spiro atoms. The van der Waals surface area contributed by atoms with E-state index in [0.29, 0.717) is 6.54 Å². The van der Waals surface area contributed by atoms with Crippen LogP contribution in [0.3, 0.4) is 0 Å². The summed E-state index contributed by atoms with van der Waals surface area (Å²) in [5.74, 6) is 1.02. The lowest BCUT2D eigenvalue weighted by atomic mass is 10.2. The van der Waals surface area contributed by atoms with E-state index in [1.807, 2.05) is 30.3 Å². The quantitative estimate of drug-likeness (QED) is 0.753. The summed E-state index contributed by atoms with van der Waals surface area (Å²) in [5.41, 5.74) is 3.27. The average Bonchev–Trinajstić information content (AvgIpc) is 2.64. The van der Waals surface area contributed by atoms with Crippen molar-refractivity contribution >= 4 is 28.8 Å². The summed E-state index contributed by atoms with van der Waals surface area (Å²) >= 11 is 6.06. The molecule has 5 heteroatoms. The fraction of sp³-hybridized carbons (Fsp3) is 0.316. The Bertz CT molecular complexity index is 699. The zero-order valence-corrected chi connectivity index (χ0v) is 14.4. The van der Waals surface area contributed by atoms with Gasteiger partial charge in [-0.2, -0.15) is 0 Å². The summed E-state index contributed by atoms with van der Waals surface area (Å²) in [5, 5.41) is 11.1. The van der Waals surface area contributed by atoms with E-state index in [1.54, 1.807) is 0 Å². The highest BCUT2D eigenvalue weighted by Crippen LogP contribution is 2.22. The van der Waals surface area contributed by atoms with Gasteiger partial charge in [0.1, 0.15) is 5.84 Å². The van der Waals surface area contributed by atoms with E-state index in [1.165, 1.54) is 0 Å². The molecule has 0 saturated heterocycles. The molecule has 126 valence electrons. The molecule has 0 fully saturated rings. The predicted octanol–water partition coefficient (Wildman–Crippen LogP) is 4.49. The van der Waals surface area contributed by atoms with E-state index in [2.05, 4.69) is 34.1 Å². The Morgan fingerprint density at radius 1 is 1.00 bits per heavy atom. The van der Waals surface area contributed by atoms with Gasteiger partial charge in [-0.25, -0.2) is 0 Å². The van der Waals surface area contributed by atoms with Gasteiger partial charge in [0.2, 0.25) is 0 Å². The number of amidine groups is 1. The second-order valence-electron chi connectivity index (χ2n) is 5.87. The number of nitrogens with one attached hydrogen (secondary N) is 3. The lowest BCUT2D eigenvalue weighted by Crippen LogP contribution is -2.22. The standard InChI is InChI=1S/C19H23ClN4/c20-16-7-5-6-15(12-16)13-22-19-10-3-4-11-21-14-23-17-8-1-2-9-18(17)24-19/h1-2,5-9,12,21,23H,3-4,10-11,13-14H2,(H,22,24). The summed E-state index contributed by atoms with van der Waals surface area (Å²) in [6.45, 7) is 2.42. The van der Waals surface area contributed by atoms with Gasteiger partial charge in [-0.3, -0.25) is 4.99 Å². The van der Waals surface area contributed by atoms with Gasteiger partial charge in [-0.1, -0.05) is 35.9 Å². The molecule has 24 heavy (non-hydrogen) atoms. The fourth-order valence-electron chi connectivity index (χ4n) is 2.69. The second kappa shape index (κ2) is 8.71. The minimum atomic E-state index is 0.636. The number of fused-ring (bicyclic) bond motifs is 1. The van der Waals surface area contributed by atoms with Gasteiger partial charge in [0.25, 0.3) is 0 Å². The Balaban J connectivity index is 1.78. The molecule has 0 atom stereocenters. The van der Waals surface area contributed by atoms with E-state index < -0.39 is 0 Å². The molecular formula is C19H23ClN4. The molecule has 2 aromatic carbocycles. The number of para-hydroxylation sites is 2. The van der Waals surface area contributed by atoms with E-state index in [0.717, 1.165) is 60.3 Å². The summed E-state index contributed by atoms with van der Waals surface area (Å²) in [6, 6.07) is 16.1. The minimum Gasteiger partial charge on any atom is -0.371 e. The van der Waals surface area contributed by atoms with Gasteiger partial charge in [0.05, 0.1) is 24.6 Å². The lowest BCUT2D eigenvalue weighted by molar-refractivity contribution is 0.656. The van der Waals surface area contributed by atoms with Crippen LogP contribution in [-0.2, 0) is 6.54 Å². The Labute approximate surface area is 148 Å². The van der Waals surface area contributed by atoms with Crippen LogP contribution in [0.25, 0.3) is 0 Å². The highest BCUT2D eigenvalue weighted by molar-refractivity contribution is 6.30. The first kappa shape index (κ1) is 16.8. The molecule has 0 bridgehead atoms. The van der Waals surface area contributed by atoms with Crippen LogP contribution in [0.4, 0.5) is 11.4 Å². The van der Waals surface area contributed by atoms with Crippen molar-refractivity contribution in [3.8, 4) is 0 Å². The molecule has 2 aromatic rings. The molecule has 1 heterocycles. The van der Waals surface area contributed by atoms with Crippen molar-refractivity contribution in [3.05, 3.63) is 59.1 Å². The molecule has 3 rings (SSSR count). The number of benzene rings is 2. The number of aliphatic imine (C=N–C) groups is 1. The molecule has 1 aliphatic rings. The highest BCUT2D eigenvalue weighted by atomic mass is 35.5. The number of hydrogen-bond donors (Lipinski definition) is 3. The first-order valence-electron chi connectivity index (χ1n) is 8.40. The van der Waals surface area contributed by atoms with Crippen LogP contribution >= 0.6 is 11.6 Å². The minimum absolute atomic E-state index is 0.636. The van der Waals surface area contributed by atoms with Gasteiger partial charge in [-0.15, -0.1) is 0 Å². The molecular weight excluding hydrogens is 320 g/mol. The van der Waals surface area contributed by atoms with Gasteiger partial charge in [-0.05, 0) is 49.2 Å². The monoisotopic (exact) mass is 342 g/mol. The van der Waals surface area contributed by atoms with Crippen molar-refractivity contribution in [1.29, 1.82) is 0 Å². The molecule has 0 aliphatic carbocycles. The third-order valence-electron chi connectivity index (χ3n) is 3.97. The highest BCUT2D eigenvalue weighted by Gasteiger charge is 2.07. The molecule has 1 aliphatic heterocycles. The third-order valence-corrected chi connectivity index (χ3v) is 4.20. The zero-order chi connectivity index (χ0) is 16.6. The van der Waals surface area contributed by atoms with Crippen LogP contribution < -0.4 is 16.0 Å². The average molecular weight is 343 g/mol. The largest absolute Gasteiger partial charge is 0.371 e. The Morgan fingerprint density at radius 2 is 1.88 bits per heavy atom. The van der Waals surface area contributed by atoms with Crippen molar-refractivity contribution in [2.24, 2.45) is 4.99 Å². The molecule has 4 nitrogen and oxygen atoms in total. The summed E-state index contributed by atoms with van der Waals surface area (Å²) in [6.07, 6.45) is 3.18. The number of rotatable bonds is 2. The first-order chi connectivity index (χ1) is 11.8. The molecule has 0 aromatic heterocycles. The van der Waals surface area contributed by atoms with Gasteiger partial charge < -0.3 is 16.0 Å². The van der Waals surface area contributed by atoms with Crippen LogP contribution in [0.2, 0.25) is 5.02 Å². The van der Waals surface area contributed by atoms with Crippen LogP contribution in [0.15, 0.2) is 53.5 Å². The number of hydrogen-bond acceptors (Lipinski definition) is 3. The SMILES string of the molecule is Clc1cccc(CN=C2CCCCNCNc3ccccc3N2)c1. The summed E-state index contributed by atoms with van der Waals surface area (Å²) < 4.78 is 0. The van der Waals surface area contributed by atoms with E-state index >= 15 is 0 Å². The normalized spacial score (nSPS) is 17.3. The molecule has 0 saturated carbocycles. The van der Waals surface area contributed by atoms with Crippen molar-refractivity contribution < 1.29 is 0 Å². The van der Waals surface area contributed by atoms with E-state index in [4.69, 9.17) is 16.6 Å². The van der Waals surface area contributed by atoms with Crippen molar-refractivity contribution in [1.82, 2.24) is 5.32 Å². The molecule has 0 unspecified atom stereocenters. The Morgan fingerprint density at radius 3 is 2.75 bits per heavy atom. The molecule has 3 N–H and O–H groups in total. The van der Waals surface area contributed by atoms with Crippen molar-refractivity contribution in [2.45, 2.75) is 25.8 Å². The number of halogens is 1. The van der Waals surface area contributed by atoms with Crippen LogP contribution in [0.1, 0.15) is 24.8 Å². The number of nitrogens with zero attached hydrogens (tertiary/aromatic N) is 1. The maximum absolute atomic E-state index is 6.06. The topological polar surface area (TPSA) is 48.5 Å². The van der Waals surface area contributed by atoms with Gasteiger partial charge >= 0.3 is 0 Å². The van der Waals surface area contributed by atoms with Crippen LogP contribution in [-0.4, -0.2) is 19.0 Å².